The van der Waals surface area contributed by atoms with E-state index in [2.05, 4.69) is 9.97 Å². The molecule has 136 valence electrons. The predicted molar refractivity (Wildman–Crippen MR) is 96.7 cm³/mol. The number of ether oxygens (including phenoxy) is 1. The van der Waals surface area contributed by atoms with Crippen LogP contribution in [0, 0.1) is 0 Å². The van der Waals surface area contributed by atoms with Crippen molar-refractivity contribution in [1.29, 1.82) is 0 Å². The molecule has 4 rings (SSSR count). The van der Waals surface area contributed by atoms with Crippen molar-refractivity contribution in [2.24, 2.45) is 0 Å². The Morgan fingerprint density at radius 3 is 2.46 bits per heavy atom. The minimum atomic E-state index is -1.40. The lowest BCUT2D eigenvalue weighted by Gasteiger charge is -2.39. The van der Waals surface area contributed by atoms with Crippen molar-refractivity contribution in [2.45, 2.75) is 34.7 Å². The number of aromatic nitrogens is 2. The molecule has 4 N–H and O–H groups in total. The van der Waals surface area contributed by atoms with Crippen molar-refractivity contribution in [3.8, 4) is 0 Å². The maximum absolute atomic E-state index is 10.3. The lowest BCUT2D eigenvalue weighted by atomic mass is 10.0. The fourth-order valence-electron chi connectivity index (χ4n) is 3.13. The average Bonchev–Trinajstić information content (AvgIpc) is 2.68. The zero-order valence-electron chi connectivity index (χ0n) is 13.6. The Kier molecular flexibility index (Phi) is 4.78. The molecule has 26 heavy (non-hydrogen) atoms. The molecule has 0 saturated carbocycles. The Labute approximate surface area is 153 Å². The minimum Gasteiger partial charge on any atom is -0.394 e. The predicted octanol–water partition coefficient (Wildman–Crippen LogP) is 0.675. The first-order valence-electron chi connectivity index (χ1n) is 8.20. The van der Waals surface area contributed by atoms with E-state index in [0.717, 1.165) is 26.7 Å². The summed E-state index contributed by atoms with van der Waals surface area (Å²) >= 11 is 1.22. The molecule has 1 saturated heterocycles. The van der Waals surface area contributed by atoms with Crippen molar-refractivity contribution >= 4 is 33.6 Å². The second kappa shape index (κ2) is 7.07. The molecule has 0 unspecified atom stereocenters. The molecule has 0 radical (unpaired) electrons. The number of benzene rings is 1. The third-order valence-electron chi connectivity index (χ3n) is 4.51. The molecule has 7 nitrogen and oxygen atoms in total. The van der Waals surface area contributed by atoms with Crippen molar-refractivity contribution < 1.29 is 25.2 Å². The van der Waals surface area contributed by atoms with Crippen molar-refractivity contribution in [3.05, 3.63) is 42.7 Å². The van der Waals surface area contributed by atoms with E-state index in [-0.39, 0.29) is 0 Å². The van der Waals surface area contributed by atoms with Gasteiger partial charge in [-0.1, -0.05) is 23.9 Å². The van der Waals surface area contributed by atoms with Crippen LogP contribution in [0.2, 0.25) is 0 Å². The number of hydrogen-bond acceptors (Lipinski definition) is 8. The maximum atomic E-state index is 10.3. The van der Waals surface area contributed by atoms with Crippen LogP contribution < -0.4 is 0 Å². The van der Waals surface area contributed by atoms with Crippen LogP contribution in [-0.4, -0.2) is 66.9 Å². The summed E-state index contributed by atoms with van der Waals surface area (Å²) in [6.45, 7) is -0.452. The molecule has 3 heterocycles. The van der Waals surface area contributed by atoms with E-state index < -0.39 is 36.5 Å². The van der Waals surface area contributed by atoms with Crippen LogP contribution in [-0.2, 0) is 4.74 Å². The highest BCUT2D eigenvalue weighted by atomic mass is 32.2. The lowest BCUT2D eigenvalue weighted by molar-refractivity contribution is -0.205. The zero-order valence-corrected chi connectivity index (χ0v) is 14.5. The quantitative estimate of drug-likeness (QED) is 0.495. The molecule has 1 aliphatic rings. The van der Waals surface area contributed by atoms with Gasteiger partial charge < -0.3 is 25.2 Å². The van der Waals surface area contributed by atoms with Gasteiger partial charge in [-0.25, -0.2) is 0 Å². The highest BCUT2D eigenvalue weighted by Gasteiger charge is 2.43. The van der Waals surface area contributed by atoms with E-state index in [1.807, 2.05) is 30.3 Å². The SMILES string of the molecule is OC[C@H]1O[C@@H](Sc2cc3cccnc3c3ncccc23)[C@H](O)[C@@H](O)[C@@H]1O. The normalized spacial score (nSPS) is 29.3. The number of nitrogens with zero attached hydrogens (tertiary/aromatic N) is 2. The number of rotatable bonds is 3. The Bertz CT molecular complexity index is 938. The van der Waals surface area contributed by atoms with Gasteiger partial charge in [-0.3, -0.25) is 9.97 Å². The van der Waals surface area contributed by atoms with E-state index in [1.165, 1.54) is 11.8 Å². The van der Waals surface area contributed by atoms with Crippen LogP contribution in [0.4, 0.5) is 0 Å². The van der Waals surface area contributed by atoms with E-state index in [4.69, 9.17) is 4.74 Å². The summed E-state index contributed by atoms with van der Waals surface area (Å²) in [4.78, 5) is 9.64. The zero-order chi connectivity index (χ0) is 18.3. The molecule has 5 atom stereocenters. The lowest BCUT2D eigenvalue weighted by Crippen LogP contribution is -2.57. The molecular formula is C18H18N2O5S. The van der Waals surface area contributed by atoms with Gasteiger partial charge >= 0.3 is 0 Å². The molecule has 0 amide bonds. The molecule has 1 aromatic carbocycles. The third kappa shape index (κ3) is 2.94. The second-order valence-corrected chi connectivity index (χ2v) is 7.30. The summed E-state index contributed by atoms with van der Waals surface area (Å²) in [5.41, 5.74) is 0.669. The Balaban J connectivity index is 1.76. The van der Waals surface area contributed by atoms with Crippen LogP contribution >= 0.6 is 11.8 Å². The van der Waals surface area contributed by atoms with Gasteiger partial charge in [0, 0.05) is 28.1 Å². The van der Waals surface area contributed by atoms with Gasteiger partial charge in [-0.15, -0.1) is 0 Å². The van der Waals surface area contributed by atoms with Crippen LogP contribution in [0.25, 0.3) is 21.8 Å². The van der Waals surface area contributed by atoms with Gasteiger partial charge in [0.2, 0.25) is 0 Å². The largest absolute Gasteiger partial charge is 0.394 e. The summed E-state index contributed by atoms with van der Waals surface area (Å²) in [6, 6.07) is 9.41. The summed E-state index contributed by atoms with van der Waals surface area (Å²) in [7, 11) is 0. The molecule has 0 bridgehead atoms. The number of aliphatic hydroxyl groups excluding tert-OH is 4. The molecule has 1 fully saturated rings. The number of fused-ring (bicyclic) bond motifs is 3. The summed E-state index contributed by atoms with van der Waals surface area (Å²) in [5, 5.41) is 41.3. The fourth-order valence-corrected chi connectivity index (χ4v) is 4.37. The molecule has 2 aromatic heterocycles. The van der Waals surface area contributed by atoms with E-state index >= 15 is 0 Å². The maximum Gasteiger partial charge on any atom is 0.136 e. The topological polar surface area (TPSA) is 116 Å². The Hall–Kier alpha value is -1.81. The van der Waals surface area contributed by atoms with Crippen molar-refractivity contribution in [1.82, 2.24) is 9.97 Å². The Morgan fingerprint density at radius 2 is 1.69 bits per heavy atom. The van der Waals surface area contributed by atoms with E-state index in [0.29, 0.717) is 0 Å². The highest BCUT2D eigenvalue weighted by molar-refractivity contribution is 8.00. The molecule has 0 aliphatic carbocycles. The molecule has 1 aliphatic heterocycles. The first kappa shape index (κ1) is 17.6. The number of pyridine rings is 2. The van der Waals surface area contributed by atoms with Crippen LogP contribution in [0.15, 0.2) is 47.6 Å². The second-order valence-electron chi connectivity index (χ2n) is 6.16. The monoisotopic (exact) mass is 374 g/mol. The van der Waals surface area contributed by atoms with Gasteiger partial charge in [0.25, 0.3) is 0 Å². The number of thioether (sulfide) groups is 1. The Morgan fingerprint density at radius 1 is 0.962 bits per heavy atom. The van der Waals surface area contributed by atoms with Gasteiger partial charge in [0.05, 0.1) is 17.6 Å². The van der Waals surface area contributed by atoms with Crippen LogP contribution in [0.1, 0.15) is 0 Å². The van der Waals surface area contributed by atoms with Crippen LogP contribution in [0.5, 0.6) is 0 Å². The first-order chi connectivity index (χ1) is 12.6. The van der Waals surface area contributed by atoms with E-state index in [1.54, 1.807) is 12.4 Å². The third-order valence-corrected chi connectivity index (χ3v) is 5.73. The number of aliphatic hydroxyl groups is 4. The van der Waals surface area contributed by atoms with Gasteiger partial charge in [0.1, 0.15) is 29.9 Å². The van der Waals surface area contributed by atoms with Gasteiger partial charge in [0.15, 0.2) is 0 Å². The highest BCUT2D eigenvalue weighted by Crippen LogP contribution is 2.38. The molecule has 3 aromatic rings. The molecule has 8 heteroatoms. The fraction of sp³-hybridized carbons (Fsp3) is 0.333. The molecule has 0 spiro atoms. The smallest absolute Gasteiger partial charge is 0.136 e. The van der Waals surface area contributed by atoms with E-state index in [9.17, 15) is 20.4 Å². The summed E-state index contributed by atoms with van der Waals surface area (Å²) in [6.07, 6.45) is -1.60. The number of hydrogen-bond donors (Lipinski definition) is 4. The van der Waals surface area contributed by atoms with Crippen LogP contribution in [0.3, 0.4) is 0 Å². The van der Waals surface area contributed by atoms with Crippen molar-refractivity contribution in [2.75, 3.05) is 6.61 Å². The standard InChI is InChI=1S/C18H18N2O5S/c21-8-11-15(22)16(23)17(24)18(25-11)26-12-7-9-3-1-5-19-13(9)14-10(12)4-2-6-20-14/h1-7,11,15-18,21-24H,8H2/t11-,15-,16+,17-,18+/m1/s1. The van der Waals surface area contributed by atoms with Gasteiger partial charge in [-0.05, 0) is 18.2 Å². The first-order valence-corrected chi connectivity index (χ1v) is 9.07. The summed E-state index contributed by atoms with van der Waals surface area (Å²) < 4.78 is 5.61. The van der Waals surface area contributed by atoms with Gasteiger partial charge in [-0.2, -0.15) is 0 Å². The average molecular weight is 374 g/mol. The van der Waals surface area contributed by atoms with Crippen molar-refractivity contribution in [3.63, 3.8) is 0 Å². The summed E-state index contributed by atoms with van der Waals surface area (Å²) in [5.74, 6) is 0. The molecular weight excluding hydrogens is 356 g/mol. The minimum absolute atomic E-state index is 0.452.